The van der Waals surface area contributed by atoms with E-state index in [1.807, 2.05) is 6.92 Å². The molecule has 0 aliphatic carbocycles. The predicted octanol–water partition coefficient (Wildman–Crippen LogP) is 1.65. The SMILES string of the molecule is CC(CNC(=O)c1cc(I)ccc1O)C(N)=S. The summed E-state index contributed by atoms with van der Waals surface area (Å²) < 4.78 is 0.882. The number of hydrogen-bond acceptors (Lipinski definition) is 3. The summed E-state index contributed by atoms with van der Waals surface area (Å²) in [7, 11) is 0. The Balaban J connectivity index is 2.70. The summed E-state index contributed by atoms with van der Waals surface area (Å²) in [5.41, 5.74) is 5.70. The lowest BCUT2D eigenvalue weighted by Crippen LogP contribution is -2.33. The molecule has 0 radical (unpaired) electrons. The van der Waals surface area contributed by atoms with Crippen LogP contribution in [0.25, 0.3) is 0 Å². The lowest BCUT2D eigenvalue weighted by molar-refractivity contribution is 0.0948. The predicted molar refractivity (Wildman–Crippen MR) is 79.1 cm³/mol. The summed E-state index contributed by atoms with van der Waals surface area (Å²) in [5, 5.41) is 12.2. The molecule has 92 valence electrons. The van der Waals surface area contributed by atoms with E-state index in [1.54, 1.807) is 12.1 Å². The molecule has 0 aliphatic heterocycles. The number of amides is 1. The van der Waals surface area contributed by atoms with E-state index in [9.17, 15) is 9.90 Å². The monoisotopic (exact) mass is 364 g/mol. The average molecular weight is 364 g/mol. The topological polar surface area (TPSA) is 75.3 Å². The average Bonchev–Trinajstić information content (AvgIpc) is 2.28. The third-order valence-corrected chi connectivity index (χ3v) is 3.33. The Morgan fingerprint density at radius 3 is 2.88 bits per heavy atom. The van der Waals surface area contributed by atoms with Crippen molar-refractivity contribution in [1.29, 1.82) is 0 Å². The van der Waals surface area contributed by atoms with Crippen LogP contribution in [-0.2, 0) is 0 Å². The Labute approximate surface area is 119 Å². The molecule has 1 amide bonds. The smallest absolute Gasteiger partial charge is 0.255 e. The van der Waals surface area contributed by atoms with Crippen molar-refractivity contribution < 1.29 is 9.90 Å². The van der Waals surface area contributed by atoms with Crippen LogP contribution in [0.4, 0.5) is 0 Å². The van der Waals surface area contributed by atoms with E-state index >= 15 is 0 Å². The number of carbonyl (C=O) groups is 1. The van der Waals surface area contributed by atoms with Gasteiger partial charge in [0.1, 0.15) is 5.75 Å². The number of thiocarbonyl (C=S) groups is 1. The van der Waals surface area contributed by atoms with E-state index < -0.39 is 0 Å². The molecular formula is C11H13IN2O2S. The van der Waals surface area contributed by atoms with Gasteiger partial charge >= 0.3 is 0 Å². The highest BCUT2D eigenvalue weighted by Gasteiger charge is 2.13. The van der Waals surface area contributed by atoms with E-state index in [0.717, 1.165) is 3.57 Å². The van der Waals surface area contributed by atoms with Crippen LogP contribution in [-0.4, -0.2) is 22.5 Å². The molecule has 0 saturated heterocycles. The van der Waals surface area contributed by atoms with Crippen LogP contribution in [0.1, 0.15) is 17.3 Å². The number of benzene rings is 1. The summed E-state index contributed by atoms with van der Waals surface area (Å²) in [6.45, 7) is 2.19. The number of nitrogens with two attached hydrogens (primary N) is 1. The van der Waals surface area contributed by atoms with E-state index in [4.69, 9.17) is 18.0 Å². The number of aromatic hydroxyl groups is 1. The summed E-state index contributed by atoms with van der Waals surface area (Å²) in [6.07, 6.45) is 0. The van der Waals surface area contributed by atoms with Crippen molar-refractivity contribution in [2.24, 2.45) is 11.7 Å². The Bertz CT molecular complexity index is 451. The first-order chi connectivity index (χ1) is 7.91. The van der Waals surface area contributed by atoms with Crippen LogP contribution in [0.3, 0.4) is 0 Å². The molecule has 0 saturated carbocycles. The first kappa shape index (κ1) is 14.2. The molecule has 0 bridgehead atoms. The maximum absolute atomic E-state index is 11.8. The molecule has 17 heavy (non-hydrogen) atoms. The number of hydrogen-bond donors (Lipinski definition) is 3. The molecule has 1 unspecified atom stereocenters. The van der Waals surface area contributed by atoms with Crippen LogP contribution >= 0.6 is 34.8 Å². The highest BCUT2D eigenvalue weighted by atomic mass is 127. The minimum absolute atomic E-state index is 0.0362. The minimum Gasteiger partial charge on any atom is -0.507 e. The fourth-order valence-corrected chi connectivity index (χ4v) is 1.71. The van der Waals surface area contributed by atoms with Gasteiger partial charge in [0.05, 0.1) is 10.6 Å². The van der Waals surface area contributed by atoms with Gasteiger partial charge in [0.2, 0.25) is 0 Å². The van der Waals surface area contributed by atoms with Crippen LogP contribution in [0.5, 0.6) is 5.75 Å². The van der Waals surface area contributed by atoms with Crippen molar-refractivity contribution in [2.45, 2.75) is 6.92 Å². The fraction of sp³-hybridized carbons (Fsp3) is 0.273. The molecule has 0 aliphatic rings. The minimum atomic E-state index is -0.330. The molecule has 0 heterocycles. The van der Waals surface area contributed by atoms with E-state index in [1.165, 1.54) is 6.07 Å². The zero-order valence-electron chi connectivity index (χ0n) is 9.24. The molecule has 0 fully saturated rings. The molecule has 1 atom stereocenters. The van der Waals surface area contributed by atoms with Crippen molar-refractivity contribution in [3.05, 3.63) is 27.3 Å². The first-order valence-electron chi connectivity index (χ1n) is 4.98. The highest BCUT2D eigenvalue weighted by Crippen LogP contribution is 2.19. The summed E-state index contributed by atoms with van der Waals surface area (Å²) in [5.74, 6) is -0.436. The zero-order chi connectivity index (χ0) is 13.0. The fourth-order valence-electron chi connectivity index (χ4n) is 1.13. The van der Waals surface area contributed by atoms with Gasteiger partial charge in [-0.2, -0.15) is 0 Å². The second-order valence-corrected chi connectivity index (χ2v) is 5.39. The van der Waals surface area contributed by atoms with Gasteiger partial charge in [-0.3, -0.25) is 4.79 Å². The number of carbonyl (C=O) groups excluding carboxylic acids is 1. The van der Waals surface area contributed by atoms with Gasteiger partial charge in [0, 0.05) is 16.0 Å². The number of halogens is 1. The van der Waals surface area contributed by atoms with Gasteiger partial charge < -0.3 is 16.2 Å². The van der Waals surface area contributed by atoms with Gasteiger partial charge in [0.25, 0.3) is 5.91 Å². The van der Waals surface area contributed by atoms with E-state index in [2.05, 4.69) is 27.9 Å². The first-order valence-corrected chi connectivity index (χ1v) is 6.46. The third kappa shape index (κ3) is 4.12. The Hall–Kier alpha value is -0.890. The molecule has 1 rings (SSSR count). The number of nitrogens with one attached hydrogen (secondary N) is 1. The summed E-state index contributed by atoms with van der Waals surface area (Å²) >= 11 is 6.89. The van der Waals surface area contributed by atoms with Crippen molar-refractivity contribution in [3.63, 3.8) is 0 Å². The van der Waals surface area contributed by atoms with Crippen molar-refractivity contribution in [1.82, 2.24) is 5.32 Å². The van der Waals surface area contributed by atoms with Crippen molar-refractivity contribution in [3.8, 4) is 5.75 Å². The molecule has 4 N–H and O–H groups in total. The maximum atomic E-state index is 11.8. The van der Waals surface area contributed by atoms with Gasteiger partial charge in [-0.25, -0.2) is 0 Å². The van der Waals surface area contributed by atoms with Gasteiger partial charge in [-0.15, -0.1) is 0 Å². The summed E-state index contributed by atoms with van der Waals surface area (Å²) in [6, 6.07) is 4.84. The van der Waals surface area contributed by atoms with Crippen LogP contribution in [0.2, 0.25) is 0 Å². The Kier molecular flexibility index (Phi) is 5.13. The van der Waals surface area contributed by atoms with Crippen molar-refractivity contribution >= 4 is 45.7 Å². The largest absolute Gasteiger partial charge is 0.507 e. The second-order valence-electron chi connectivity index (χ2n) is 3.67. The standard InChI is InChI=1S/C11H13IN2O2S/c1-6(10(13)17)5-14-11(16)8-4-7(12)2-3-9(8)15/h2-4,6,15H,5H2,1H3,(H2,13,17)(H,14,16). The lowest BCUT2D eigenvalue weighted by atomic mass is 10.1. The Morgan fingerprint density at radius 2 is 2.29 bits per heavy atom. The molecule has 4 nitrogen and oxygen atoms in total. The van der Waals surface area contributed by atoms with Crippen LogP contribution < -0.4 is 11.1 Å². The number of rotatable bonds is 4. The molecular weight excluding hydrogens is 351 g/mol. The van der Waals surface area contributed by atoms with Crippen molar-refractivity contribution in [2.75, 3.05) is 6.54 Å². The number of phenols is 1. The third-order valence-electron chi connectivity index (χ3n) is 2.26. The quantitative estimate of drug-likeness (QED) is 0.561. The lowest BCUT2D eigenvalue weighted by Gasteiger charge is -2.11. The molecule has 1 aromatic rings. The Morgan fingerprint density at radius 1 is 1.65 bits per heavy atom. The molecule has 1 aromatic carbocycles. The second kappa shape index (κ2) is 6.15. The van der Waals surface area contributed by atoms with E-state index in [0.29, 0.717) is 11.5 Å². The highest BCUT2D eigenvalue weighted by molar-refractivity contribution is 14.1. The van der Waals surface area contributed by atoms with Gasteiger partial charge in [-0.1, -0.05) is 19.1 Å². The zero-order valence-corrected chi connectivity index (χ0v) is 12.2. The number of phenolic OH excluding ortho intramolecular Hbond substituents is 1. The van der Waals surface area contributed by atoms with Crippen LogP contribution in [0.15, 0.2) is 18.2 Å². The van der Waals surface area contributed by atoms with Gasteiger partial charge in [-0.05, 0) is 40.8 Å². The van der Waals surface area contributed by atoms with Crippen LogP contribution in [0, 0.1) is 9.49 Å². The van der Waals surface area contributed by atoms with Gasteiger partial charge in [0.15, 0.2) is 0 Å². The summed E-state index contributed by atoms with van der Waals surface area (Å²) in [4.78, 5) is 12.1. The molecule has 0 aromatic heterocycles. The van der Waals surface area contributed by atoms with E-state index in [-0.39, 0.29) is 23.1 Å². The normalized spacial score (nSPS) is 11.9. The maximum Gasteiger partial charge on any atom is 0.255 e. The molecule has 0 spiro atoms. The molecule has 6 heteroatoms.